The third-order valence-electron chi connectivity index (χ3n) is 2.01. The van der Waals surface area contributed by atoms with Gasteiger partial charge in [-0.2, -0.15) is 0 Å². The molecule has 1 radical (unpaired) electrons. The molecule has 0 unspecified atom stereocenters. The molecule has 0 aliphatic heterocycles. The number of hydrogen-bond acceptors (Lipinski definition) is 1. The Balaban J connectivity index is 2.26. The maximum atomic E-state index is 9.07. The second kappa shape index (κ2) is 3.02. The van der Waals surface area contributed by atoms with E-state index in [1.54, 1.807) is 6.08 Å². The van der Waals surface area contributed by atoms with E-state index in [1.807, 2.05) is 0 Å². The number of aliphatic hydroxyl groups excluding tert-OH is 1. The van der Waals surface area contributed by atoms with Crippen LogP contribution in [0, 0.1) is 12.5 Å². The molecule has 0 saturated heterocycles. The fourth-order valence-electron chi connectivity index (χ4n) is 1.29. The average molecular weight is 125 g/mol. The Morgan fingerprint density at radius 1 is 1.22 bits per heavy atom. The predicted molar refractivity (Wildman–Crippen MR) is 36.8 cm³/mol. The van der Waals surface area contributed by atoms with E-state index in [-0.39, 0.29) is 6.10 Å². The summed E-state index contributed by atoms with van der Waals surface area (Å²) in [5, 5.41) is 9.07. The zero-order valence-electron chi connectivity index (χ0n) is 5.59. The molecule has 0 aromatic rings. The molecular formula is C8H13O. The average Bonchev–Trinajstić information content (AvgIpc) is 1.90. The summed E-state index contributed by atoms with van der Waals surface area (Å²) in [5.41, 5.74) is 0. The van der Waals surface area contributed by atoms with Gasteiger partial charge in [-0.05, 0) is 31.6 Å². The normalized spacial score (nSPS) is 36.1. The van der Waals surface area contributed by atoms with Crippen LogP contribution in [0.15, 0.2) is 6.08 Å². The maximum Gasteiger partial charge on any atom is 0.0540 e. The molecule has 0 amide bonds. The van der Waals surface area contributed by atoms with Crippen LogP contribution in [0.2, 0.25) is 0 Å². The van der Waals surface area contributed by atoms with Crippen molar-refractivity contribution in [2.24, 2.45) is 5.92 Å². The first-order valence-electron chi connectivity index (χ1n) is 3.56. The minimum Gasteiger partial charge on any atom is -0.393 e. The summed E-state index contributed by atoms with van der Waals surface area (Å²) in [6.07, 6.45) is 5.69. The predicted octanol–water partition coefficient (Wildman–Crippen LogP) is 1.53. The Labute approximate surface area is 56.4 Å². The number of aliphatic hydroxyl groups is 1. The molecule has 0 bridgehead atoms. The molecule has 1 N–H and O–H groups in total. The summed E-state index contributed by atoms with van der Waals surface area (Å²) in [4.78, 5) is 0. The Kier molecular flexibility index (Phi) is 2.29. The first kappa shape index (κ1) is 6.81. The van der Waals surface area contributed by atoms with E-state index in [2.05, 4.69) is 0 Å². The molecule has 1 saturated carbocycles. The summed E-state index contributed by atoms with van der Waals surface area (Å²) >= 11 is 0. The number of rotatable bonds is 1. The van der Waals surface area contributed by atoms with Gasteiger partial charge in [-0.15, -0.1) is 0 Å². The summed E-state index contributed by atoms with van der Waals surface area (Å²) in [7, 11) is 0. The van der Waals surface area contributed by atoms with Crippen LogP contribution in [0.25, 0.3) is 0 Å². The zero-order chi connectivity index (χ0) is 6.69. The highest BCUT2D eigenvalue weighted by atomic mass is 16.3. The van der Waals surface area contributed by atoms with Gasteiger partial charge in [-0.1, -0.05) is 12.7 Å². The van der Waals surface area contributed by atoms with Crippen molar-refractivity contribution < 1.29 is 5.11 Å². The van der Waals surface area contributed by atoms with Crippen molar-refractivity contribution in [1.82, 2.24) is 0 Å². The van der Waals surface area contributed by atoms with E-state index in [0.717, 1.165) is 25.7 Å². The van der Waals surface area contributed by atoms with Gasteiger partial charge in [0.2, 0.25) is 0 Å². The lowest BCUT2D eigenvalue weighted by molar-refractivity contribution is 0.118. The molecule has 0 spiro atoms. The molecule has 51 valence electrons. The fraction of sp³-hybridized carbons (Fsp3) is 0.750. The highest BCUT2D eigenvalue weighted by Crippen LogP contribution is 2.24. The molecule has 1 heteroatoms. The van der Waals surface area contributed by atoms with Crippen molar-refractivity contribution in [3.63, 3.8) is 0 Å². The molecule has 1 aliphatic rings. The van der Waals surface area contributed by atoms with Gasteiger partial charge in [0, 0.05) is 0 Å². The highest BCUT2D eigenvalue weighted by molar-refractivity contribution is 4.81. The van der Waals surface area contributed by atoms with Gasteiger partial charge in [0.1, 0.15) is 0 Å². The fourth-order valence-corrected chi connectivity index (χ4v) is 1.29. The van der Waals surface area contributed by atoms with Crippen LogP contribution in [-0.2, 0) is 0 Å². The Morgan fingerprint density at radius 3 is 2.22 bits per heavy atom. The zero-order valence-corrected chi connectivity index (χ0v) is 5.59. The smallest absolute Gasteiger partial charge is 0.0540 e. The van der Waals surface area contributed by atoms with E-state index in [4.69, 9.17) is 11.7 Å². The van der Waals surface area contributed by atoms with Crippen molar-refractivity contribution in [1.29, 1.82) is 0 Å². The van der Waals surface area contributed by atoms with E-state index in [0.29, 0.717) is 5.92 Å². The van der Waals surface area contributed by atoms with Gasteiger partial charge in [0.15, 0.2) is 0 Å². The van der Waals surface area contributed by atoms with E-state index in [1.165, 1.54) is 0 Å². The van der Waals surface area contributed by atoms with Gasteiger partial charge in [-0.3, -0.25) is 0 Å². The van der Waals surface area contributed by atoms with Crippen LogP contribution in [-0.4, -0.2) is 11.2 Å². The molecule has 1 rings (SSSR count). The van der Waals surface area contributed by atoms with Crippen molar-refractivity contribution >= 4 is 0 Å². The summed E-state index contributed by atoms with van der Waals surface area (Å²) in [5.74, 6) is 0.563. The number of hydrogen-bond donors (Lipinski definition) is 1. The lowest BCUT2D eigenvalue weighted by Crippen LogP contribution is -2.16. The molecule has 0 aromatic heterocycles. The minimum absolute atomic E-state index is 0.0544. The lowest BCUT2D eigenvalue weighted by atomic mass is 9.88. The summed E-state index contributed by atoms with van der Waals surface area (Å²) in [6, 6.07) is 0. The van der Waals surface area contributed by atoms with Crippen LogP contribution in [0.1, 0.15) is 25.7 Å². The topological polar surface area (TPSA) is 20.2 Å². The van der Waals surface area contributed by atoms with Crippen molar-refractivity contribution in [2.45, 2.75) is 31.8 Å². The molecule has 1 aliphatic carbocycles. The molecule has 0 heterocycles. The van der Waals surface area contributed by atoms with E-state index in [9.17, 15) is 0 Å². The van der Waals surface area contributed by atoms with Gasteiger partial charge in [-0.25, -0.2) is 0 Å². The lowest BCUT2D eigenvalue weighted by Gasteiger charge is -2.22. The summed E-state index contributed by atoms with van der Waals surface area (Å²) in [6.45, 7) is 5.34. The van der Waals surface area contributed by atoms with Gasteiger partial charge >= 0.3 is 0 Å². The van der Waals surface area contributed by atoms with Crippen LogP contribution in [0.4, 0.5) is 0 Å². The molecule has 9 heavy (non-hydrogen) atoms. The molecule has 1 fully saturated rings. The third-order valence-corrected chi connectivity index (χ3v) is 2.01. The summed E-state index contributed by atoms with van der Waals surface area (Å²) < 4.78 is 0. The molecule has 1 nitrogen and oxygen atoms in total. The first-order chi connectivity index (χ1) is 4.33. The van der Waals surface area contributed by atoms with Crippen molar-refractivity contribution in [3.05, 3.63) is 12.7 Å². The quantitative estimate of drug-likeness (QED) is 0.563. The van der Waals surface area contributed by atoms with E-state index < -0.39 is 0 Å². The van der Waals surface area contributed by atoms with Gasteiger partial charge < -0.3 is 5.11 Å². The first-order valence-corrected chi connectivity index (χ1v) is 3.56. The molecule has 0 atom stereocenters. The van der Waals surface area contributed by atoms with E-state index >= 15 is 0 Å². The monoisotopic (exact) mass is 125 g/mol. The molecular weight excluding hydrogens is 112 g/mol. The van der Waals surface area contributed by atoms with Crippen LogP contribution in [0.5, 0.6) is 0 Å². The second-order valence-corrected chi connectivity index (χ2v) is 2.76. The highest BCUT2D eigenvalue weighted by Gasteiger charge is 2.15. The SMILES string of the molecule is [CH]=CC1CCC(O)CC1. The van der Waals surface area contributed by atoms with Crippen molar-refractivity contribution in [2.75, 3.05) is 0 Å². The largest absolute Gasteiger partial charge is 0.393 e. The Bertz CT molecular complexity index is 90.7. The van der Waals surface area contributed by atoms with Gasteiger partial charge in [0.25, 0.3) is 0 Å². The van der Waals surface area contributed by atoms with Crippen molar-refractivity contribution in [3.8, 4) is 0 Å². The maximum absolute atomic E-state index is 9.07. The minimum atomic E-state index is -0.0544. The number of allylic oxidation sites excluding steroid dienone is 1. The van der Waals surface area contributed by atoms with Gasteiger partial charge in [0.05, 0.1) is 6.10 Å². The Hall–Kier alpha value is -0.300. The molecule has 0 aromatic carbocycles. The third kappa shape index (κ3) is 1.83. The Morgan fingerprint density at radius 2 is 1.78 bits per heavy atom. The second-order valence-electron chi connectivity index (χ2n) is 2.76. The van der Waals surface area contributed by atoms with Crippen LogP contribution < -0.4 is 0 Å². The van der Waals surface area contributed by atoms with Crippen LogP contribution in [0.3, 0.4) is 0 Å². The van der Waals surface area contributed by atoms with Crippen LogP contribution >= 0.6 is 0 Å². The standard InChI is InChI=1S/C8H13O/c1-2-7-3-5-8(9)6-4-7/h1-2,7-9H,3-6H2.